The van der Waals surface area contributed by atoms with Crippen molar-refractivity contribution in [3.63, 3.8) is 0 Å². The molecule has 20 heavy (non-hydrogen) atoms. The fraction of sp³-hybridized carbons (Fsp3) is 0.600. The van der Waals surface area contributed by atoms with Gasteiger partial charge in [-0.3, -0.25) is 0 Å². The summed E-state index contributed by atoms with van der Waals surface area (Å²) in [5.41, 5.74) is 7.74. The lowest BCUT2D eigenvalue weighted by atomic mass is 9.96. The number of piperidine rings is 1. The fourth-order valence-corrected chi connectivity index (χ4v) is 3.00. The molecule has 2 N–H and O–H groups in total. The van der Waals surface area contributed by atoms with Crippen LogP contribution in [-0.4, -0.2) is 38.6 Å². The summed E-state index contributed by atoms with van der Waals surface area (Å²) in [5.74, 6) is 1.41. The highest BCUT2D eigenvalue weighted by Gasteiger charge is 2.26. The molecule has 0 aromatic carbocycles. The summed E-state index contributed by atoms with van der Waals surface area (Å²) < 4.78 is 1.87. The molecule has 1 atom stereocenters. The number of nitrogens with zero attached hydrogens (tertiary/aromatic N) is 4. The Labute approximate surface area is 119 Å². The molecule has 1 saturated heterocycles. The first kappa shape index (κ1) is 13.5. The van der Waals surface area contributed by atoms with Gasteiger partial charge in [0.2, 0.25) is 0 Å². The smallest absolute Gasteiger partial charge is 0.160 e. The molecule has 5 nitrogen and oxygen atoms in total. The van der Waals surface area contributed by atoms with Gasteiger partial charge in [0.1, 0.15) is 0 Å². The normalized spacial score (nSPS) is 20.9. The van der Waals surface area contributed by atoms with Crippen LogP contribution in [-0.2, 0) is 6.54 Å². The third-order valence-corrected chi connectivity index (χ3v) is 4.23. The summed E-state index contributed by atoms with van der Waals surface area (Å²) in [5, 5.41) is 4.66. The van der Waals surface area contributed by atoms with Crippen LogP contribution in [0.5, 0.6) is 0 Å². The van der Waals surface area contributed by atoms with E-state index in [0.717, 1.165) is 23.6 Å². The molecule has 2 aromatic rings. The van der Waals surface area contributed by atoms with Crippen LogP contribution in [0.2, 0.25) is 0 Å². The molecular weight excluding hydrogens is 250 g/mol. The van der Waals surface area contributed by atoms with E-state index in [1.54, 1.807) is 0 Å². The van der Waals surface area contributed by atoms with Crippen LogP contribution in [0.1, 0.15) is 44.0 Å². The molecule has 1 aliphatic rings. The van der Waals surface area contributed by atoms with E-state index >= 15 is 0 Å². The van der Waals surface area contributed by atoms with Crippen molar-refractivity contribution in [3.8, 4) is 0 Å². The minimum absolute atomic E-state index is 0.441. The lowest BCUT2D eigenvalue weighted by Crippen LogP contribution is -2.39. The molecule has 0 aliphatic carbocycles. The molecule has 0 bridgehead atoms. The van der Waals surface area contributed by atoms with Gasteiger partial charge in [-0.15, -0.1) is 0 Å². The van der Waals surface area contributed by atoms with Crippen LogP contribution in [0.25, 0.3) is 5.65 Å². The molecule has 108 valence electrons. The van der Waals surface area contributed by atoms with Crippen LogP contribution < -0.4 is 5.73 Å². The van der Waals surface area contributed by atoms with Gasteiger partial charge in [0, 0.05) is 36.8 Å². The maximum absolute atomic E-state index is 5.78. The topological polar surface area (TPSA) is 59.5 Å². The predicted octanol–water partition coefficient (Wildman–Crippen LogP) is 1.78. The fourth-order valence-electron chi connectivity index (χ4n) is 3.00. The maximum Gasteiger partial charge on any atom is 0.160 e. The lowest BCUT2D eigenvalue weighted by Gasteiger charge is -2.34. The highest BCUT2D eigenvalue weighted by Crippen LogP contribution is 2.26. The summed E-state index contributed by atoms with van der Waals surface area (Å²) in [7, 11) is 0. The van der Waals surface area contributed by atoms with Gasteiger partial charge in [-0.05, 0) is 39.3 Å². The second kappa shape index (κ2) is 5.50. The van der Waals surface area contributed by atoms with Crippen LogP contribution in [0.15, 0.2) is 18.3 Å². The summed E-state index contributed by atoms with van der Waals surface area (Å²) in [6, 6.07) is 4.60. The maximum atomic E-state index is 5.78. The molecule has 3 rings (SSSR count). The van der Waals surface area contributed by atoms with E-state index < -0.39 is 0 Å². The molecule has 0 saturated carbocycles. The summed E-state index contributed by atoms with van der Waals surface area (Å²) >= 11 is 0. The monoisotopic (exact) mass is 273 g/mol. The Morgan fingerprint density at radius 1 is 1.45 bits per heavy atom. The second-order valence-electron chi connectivity index (χ2n) is 5.90. The van der Waals surface area contributed by atoms with Crippen LogP contribution in [0.3, 0.4) is 0 Å². The Kier molecular flexibility index (Phi) is 3.72. The third kappa shape index (κ3) is 2.43. The van der Waals surface area contributed by atoms with Crippen molar-refractivity contribution >= 4 is 5.65 Å². The van der Waals surface area contributed by atoms with Crippen LogP contribution in [0.4, 0.5) is 0 Å². The van der Waals surface area contributed by atoms with E-state index in [4.69, 9.17) is 10.7 Å². The zero-order valence-electron chi connectivity index (χ0n) is 12.3. The summed E-state index contributed by atoms with van der Waals surface area (Å²) in [4.78, 5) is 7.26. The van der Waals surface area contributed by atoms with Crippen LogP contribution in [0, 0.1) is 0 Å². The first-order chi connectivity index (χ1) is 9.69. The van der Waals surface area contributed by atoms with Crippen molar-refractivity contribution in [2.45, 2.75) is 45.2 Å². The predicted molar refractivity (Wildman–Crippen MR) is 79.6 cm³/mol. The molecule has 1 fully saturated rings. The zero-order valence-corrected chi connectivity index (χ0v) is 12.3. The number of likely N-dealkylation sites (tertiary alicyclic amines) is 1. The van der Waals surface area contributed by atoms with Crippen molar-refractivity contribution in [3.05, 3.63) is 29.7 Å². The van der Waals surface area contributed by atoms with Gasteiger partial charge in [-0.1, -0.05) is 6.07 Å². The number of fused-ring (bicyclic) bond motifs is 1. The SMILES string of the molecule is CC(C)N1CCCC(c2nc3c(CN)cccn3n2)C1. The molecule has 2 aromatic heterocycles. The average molecular weight is 273 g/mol. The molecule has 1 aliphatic heterocycles. The minimum atomic E-state index is 0.441. The van der Waals surface area contributed by atoms with Gasteiger partial charge in [0.05, 0.1) is 0 Å². The number of pyridine rings is 1. The highest BCUT2D eigenvalue weighted by molar-refractivity contribution is 5.47. The molecule has 5 heteroatoms. The zero-order chi connectivity index (χ0) is 14.1. The molecule has 3 heterocycles. The van der Waals surface area contributed by atoms with Crippen LogP contribution >= 0.6 is 0 Å². The minimum Gasteiger partial charge on any atom is -0.326 e. The molecular formula is C15H23N5. The van der Waals surface area contributed by atoms with E-state index in [0.29, 0.717) is 18.5 Å². The molecule has 1 unspecified atom stereocenters. The van der Waals surface area contributed by atoms with Crippen molar-refractivity contribution in [2.75, 3.05) is 13.1 Å². The second-order valence-corrected chi connectivity index (χ2v) is 5.90. The molecule has 0 radical (unpaired) electrons. The molecule has 0 spiro atoms. The van der Waals surface area contributed by atoms with Gasteiger partial charge in [-0.2, -0.15) is 5.10 Å². The largest absolute Gasteiger partial charge is 0.326 e. The Hall–Kier alpha value is -1.46. The third-order valence-electron chi connectivity index (χ3n) is 4.23. The van der Waals surface area contributed by atoms with Gasteiger partial charge >= 0.3 is 0 Å². The number of nitrogens with two attached hydrogens (primary N) is 1. The van der Waals surface area contributed by atoms with E-state index in [-0.39, 0.29) is 0 Å². The summed E-state index contributed by atoms with van der Waals surface area (Å²) in [6.07, 6.45) is 4.36. The number of hydrogen-bond acceptors (Lipinski definition) is 4. The Balaban J connectivity index is 1.90. The molecule has 0 amide bonds. The van der Waals surface area contributed by atoms with Gasteiger partial charge in [0.15, 0.2) is 11.5 Å². The Morgan fingerprint density at radius 3 is 3.05 bits per heavy atom. The van der Waals surface area contributed by atoms with E-state index in [9.17, 15) is 0 Å². The van der Waals surface area contributed by atoms with E-state index in [1.807, 2.05) is 22.8 Å². The first-order valence-corrected chi connectivity index (χ1v) is 7.47. The highest BCUT2D eigenvalue weighted by atomic mass is 15.3. The lowest BCUT2D eigenvalue weighted by molar-refractivity contribution is 0.165. The summed E-state index contributed by atoms with van der Waals surface area (Å²) in [6.45, 7) is 7.27. The first-order valence-electron chi connectivity index (χ1n) is 7.47. The van der Waals surface area contributed by atoms with Crippen molar-refractivity contribution in [1.29, 1.82) is 0 Å². The van der Waals surface area contributed by atoms with E-state index in [1.165, 1.54) is 19.4 Å². The van der Waals surface area contributed by atoms with E-state index in [2.05, 4.69) is 23.8 Å². The number of hydrogen-bond donors (Lipinski definition) is 1. The van der Waals surface area contributed by atoms with Crippen molar-refractivity contribution < 1.29 is 0 Å². The quantitative estimate of drug-likeness (QED) is 0.926. The standard InChI is InChI=1S/C15H23N5/c1-11(2)19-7-3-6-13(10-19)14-17-15-12(9-16)5-4-8-20(15)18-14/h4-5,8,11,13H,3,6-7,9-10,16H2,1-2H3. The van der Waals surface area contributed by atoms with Crippen molar-refractivity contribution in [1.82, 2.24) is 19.5 Å². The Bertz CT molecular complexity index is 589. The van der Waals surface area contributed by atoms with Gasteiger partial charge in [0.25, 0.3) is 0 Å². The number of aromatic nitrogens is 3. The van der Waals surface area contributed by atoms with Gasteiger partial charge in [-0.25, -0.2) is 9.50 Å². The van der Waals surface area contributed by atoms with Crippen molar-refractivity contribution in [2.24, 2.45) is 5.73 Å². The van der Waals surface area contributed by atoms with Gasteiger partial charge < -0.3 is 10.6 Å². The number of rotatable bonds is 3. The Morgan fingerprint density at radius 2 is 2.30 bits per heavy atom. The average Bonchev–Trinajstić information content (AvgIpc) is 2.91.